The van der Waals surface area contributed by atoms with E-state index in [1.165, 1.54) is 17.5 Å². The van der Waals surface area contributed by atoms with Gasteiger partial charge in [-0.1, -0.05) is 18.5 Å². The van der Waals surface area contributed by atoms with E-state index in [0.29, 0.717) is 11.5 Å². The molecule has 1 saturated carbocycles. The minimum Gasteiger partial charge on any atom is -0.493 e. The van der Waals surface area contributed by atoms with Crippen LogP contribution < -0.4 is 10.5 Å². The molecule has 1 aromatic carbocycles. The first-order valence-corrected chi connectivity index (χ1v) is 7.13. The summed E-state index contributed by atoms with van der Waals surface area (Å²) in [6.45, 7) is 3.13. The molecule has 3 heteroatoms. The summed E-state index contributed by atoms with van der Waals surface area (Å²) in [5.41, 5.74) is 8.90. The summed E-state index contributed by atoms with van der Waals surface area (Å²) in [4.78, 5) is 0. The topological polar surface area (TPSA) is 35.2 Å². The number of ether oxygens (including phenoxy) is 1. The van der Waals surface area contributed by atoms with Gasteiger partial charge < -0.3 is 10.5 Å². The van der Waals surface area contributed by atoms with Crippen molar-refractivity contribution in [2.75, 3.05) is 6.61 Å². The van der Waals surface area contributed by atoms with Crippen LogP contribution >= 0.6 is 11.6 Å². The molecule has 2 unspecified atom stereocenters. The molecule has 18 heavy (non-hydrogen) atoms. The van der Waals surface area contributed by atoms with Crippen LogP contribution in [0.25, 0.3) is 0 Å². The number of hydrogen-bond donors (Lipinski definition) is 1. The second-order valence-electron chi connectivity index (χ2n) is 6.14. The summed E-state index contributed by atoms with van der Waals surface area (Å²) in [5, 5.41) is 0.833. The highest BCUT2D eigenvalue weighted by Gasteiger charge is 2.34. The summed E-state index contributed by atoms with van der Waals surface area (Å²) in [7, 11) is 0. The van der Waals surface area contributed by atoms with Crippen molar-refractivity contribution in [2.45, 2.75) is 45.1 Å². The van der Waals surface area contributed by atoms with Crippen molar-refractivity contribution in [3.63, 3.8) is 0 Å². The zero-order chi connectivity index (χ0) is 12.8. The number of halogens is 1. The van der Waals surface area contributed by atoms with Crippen LogP contribution in [-0.2, 0) is 12.8 Å². The molecule has 1 heterocycles. The van der Waals surface area contributed by atoms with Gasteiger partial charge in [0.1, 0.15) is 5.75 Å². The van der Waals surface area contributed by atoms with Crippen LogP contribution in [0.15, 0.2) is 12.1 Å². The fourth-order valence-electron chi connectivity index (χ4n) is 3.47. The van der Waals surface area contributed by atoms with E-state index in [1.807, 2.05) is 6.07 Å². The Morgan fingerprint density at radius 3 is 3.06 bits per heavy atom. The summed E-state index contributed by atoms with van der Waals surface area (Å²) in [6.07, 6.45) is 5.46. The lowest BCUT2D eigenvalue weighted by atomic mass is 9.81. The van der Waals surface area contributed by atoms with Crippen LogP contribution in [0.3, 0.4) is 0 Å². The molecule has 2 nitrogen and oxygen atoms in total. The van der Waals surface area contributed by atoms with E-state index < -0.39 is 0 Å². The maximum atomic E-state index is 6.21. The fraction of sp³-hybridized carbons (Fsp3) is 0.600. The van der Waals surface area contributed by atoms with Gasteiger partial charge in [0.15, 0.2) is 0 Å². The lowest BCUT2D eigenvalue weighted by Gasteiger charge is -2.25. The highest BCUT2D eigenvalue weighted by Crippen LogP contribution is 2.43. The van der Waals surface area contributed by atoms with Crippen LogP contribution in [0.5, 0.6) is 5.75 Å². The SMILES string of the molecule is CC1(Cc2cc(Cl)cc3c2OCC3)CCC(N)C1. The maximum Gasteiger partial charge on any atom is 0.125 e. The van der Waals surface area contributed by atoms with Gasteiger partial charge >= 0.3 is 0 Å². The van der Waals surface area contributed by atoms with E-state index in [0.717, 1.165) is 43.1 Å². The molecule has 1 aliphatic carbocycles. The van der Waals surface area contributed by atoms with Gasteiger partial charge in [0.05, 0.1) is 6.61 Å². The molecule has 2 aliphatic rings. The van der Waals surface area contributed by atoms with Crippen molar-refractivity contribution in [3.05, 3.63) is 28.3 Å². The number of benzene rings is 1. The van der Waals surface area contributed by atoms with Gasteiger partial charge in [-0.2, -0.15) is 0 Å². The molecule has 0 saturated heterocycles. The number of rotatable bonds is 2. The molecule has 1 aliphatic heterocycles. The first-order chi connectivity index (χ1) is 8.56. The molecule has 0 radical (unpaired) electrons. The lowest BCUT2D eigenvalue weighted by Crippen LogP contribution is -2.21. The Balaban J connectivity index is 1.89. The molecule has 1 fully saturated rings. The Bertz CT molecular complexity index is 474. The standard InChI is InChI=1S/C15H20ClNO/c1-15(4-2-13(17)9-15)8-11-7-12(16)6-10-3-5-18-14(10)11/h6-7,13H,2-5,8-9,17H2,1H3. The third kappa shape index (κ3) is 2.24. The Hall–Kier alpha value is -0.730. The second kappa shape index (κ2) is 4.43. The molecule has 0 spiro atoms. The number of nitrogens with two attached hydrogens (primary N) is 1. The Morgan fingerprint density at radius 1 is 1.50 bits per heavy atom. The van der Waals surface area contributed by atoms with Gasteiger partial charge in [0, 0.05) is 17.5 Å². The van der Waals surface area contributed by atoms with E-state index in [2.05, 4.69) is 13.0 Å². The van der Waals surface area contributed by atoms with Gasteiger partial charge in [-0.25, -0.2) is 0 Å². The third-order valence-electron chi connectivity index (χ3n) is 4.32. The first kappa shape index (κ1) is 12.3. The minimum atomic E-state index is 0.309. The molecule has 0 bridgehead atoms. The predicted octanol–water partition coefficient (Wildman–Crippen LogP) is 3.33. The molecule has 0 amide bonds. The Morgan fingerprint density at radius 2 is 2.33 bits per heavy atom. The van der Waals surface area contributed by atoms with Crippen LogP contribution in [0.1, 0.15) is 37.3 Å². The molecular formula is C15H20ClNO. The van der Waals surface area contributed by atoms with Crippen molar-refractivity contribution in [3.8, 4) is 5.75 Å². The van der Waals surface area contributed by atoms with Gasteiger partial charge in [0.2, 0.25) is 0 Å². The van der Waals surface area contributed by atoms with Crippen molar-refractivity contribution < 1.29 is 4.74 Å². The minimum absolute atomic E-state index is 0.309. The quantitative estimate of drug-likeness (QED) is 0.890. The Kier molecular flexibility index (Phi) is 3.03. The normalized spacial score (nSPS) is 30.3. The number of hydrogen-bond acceptors (Lipinski definition) is 2. The highest BCUT2D eigenvalue weighted by molar-refractivity contribution is 6.30. The van der Waals surface area contributed by atoms with Crippen molar-refractivity contribution >= 4 is 11.6 Å². The van der Waals surface area contributed by atoms with Crippen LogP contribution in [-0.4, -0.2) is 12.6 Å². The lowest BCUT2D eigenvalue weighted by molar-refractivity contribution is 0.314. The largest absolute Gasteiger partial charge is 0.493 e. The molecular weight excluding hydrogens is 246 g/mol. The average Bonchev–Trinajstić information content (AvgIpc) is 2.85. The Labute approximate surface area is 113 Å². The third-order valence-corrected chi connectivity index (χ3v) is 4.53. The molecule has 0 aromatic heterocycles. The highest BCUT2D eigenvalue weighted by atomic mass is 35.5. The van der Waals surface area contributed by atoms with E-state index in [-0.39, 0.29) is 0 Å². The summed E-state index contributed by atoms with van der Waals surface area (Å²) < 4.78 is 5.78. The van der Waals surface area contributed by atoms with Crippen LogP contribution in [0, 0.1) is 5.41 Å². The van der Waals surface area contributed by atoms with E-state index in [9.17, 15) is 0 Å². The second-order valence-corrected chi connectivity index (χ2v) is 6.58. The van der Waals surface area contributed by atoms with E-state index >= 15 is 0 Å². The van der Waals surface area contributed by atoms with Crippen molar-refractivity contribution in [1.29, 1.82) is 0 Å². The average molecular weight is 266 g/mol. The molecule has 98 valence electrons. The molecule has 2 atom stereocenters. The molecule has 3 rings (SSSR count). The van der Waals surface area contributed by atoms with Gasteiger partial charge in [-0.05, 0) is 54.4 Å². The fourth-order valence-corrected chi connectivity index (χ4v) is 3.73. The molecule has 2 N–H and O–H groups in total. The van der Waals surface area contributed by atoms with Gasteiger partial charge in [0.25, 0.3) is 0 Å². The predicted molar refractivity (Wildman–Crippen MR) is 74.3 cm³/mol. The summed E-state index contributed by atoms with van der Waals surface area (Å²) in [6, 6.07) is 4.47. The summed E-state index contributed by atoms with van der Waals surface area (Å²) in [5.74, 6) is 1.08. The monoisotopic (exact) mass is 265 g/mol. The maximum absolute atomic E-state index is 6.21. The van der Waals surface area contributed by atoms with Crippen molar-refractivity contribution in [1.82, 2.24) is 0 Å². The molecule has 1 aromatic rings. The zero-order valence-corrected chi connectivity index (χ0v) is 11.6. The summed E-state index contributed by atoms with van der Waals surface area (Å²) >= 11 is 6.21. The zero-order valence-electron chi connectivity index (χ0n) is 10.8. The number of fused-ring (bicyclic) bond motifs is 1. The van der Waals surface area contributed by atoms with Crippen LogP contribution in [0.2, 0.25) is 5.02 Å². The van der Waals surface area contributed by atoms with Gasteiger partial charge in [-0.3, -0.25) is 0 Å². The van der Waals surface area contributed by atoms with Crippen LogP contribution in [0.4, 0.5) is 0 Å². The smallest absolute Gasteiger partial charge is 0.125 e. The van der Waals surface area contributed by atoms with Crippen molar-refractivity contribution in [2.24, 2.45) is 11.1 Å². The van der Waals surface area contributed by atoms with E-state index in [4.69, 9.17) is 22.1 Å². The van der Waals surface area contributed by atoms with Gasteiger partial charge in [-0.15, -0.1) is 0 Å². The van der Waals surface area contributed by atoms with E-state index in [1.54, 1.807) is 0 Å². The first-order valence-electron chi connectivity index (χ1n) is 6.75.